The van der Waals surface area contributed by atoms with E-state index in [1.807, 2.05) is 65.6 Å². The van der Waals surface area contributed by atoms with Crippen molar-refractivity contribution in [3.8, 4) is 22.6 Å². The fourth-order valence-electron chi connectivity index (χ4n) is 3.77. The summed E-state index contributed by atoms with van der Waals surface area (Å²) in [6.45, 7) is 1.88. The van der Waals surface area contributed by atoms with Crippen molar-refractivity contribution >= 4 is 17.7 Å². The number of benzene rings is 3. The van der Waals surface area contributed by atoms with E-state index in [2.05, 4.69) is 12.1 Å². The molecule has 2 aliphatic rings. The van der Waals surface area contributed by atoms with Gasteiger partial charge in [0.25, 0.3) is 5.91 Å². The summed E-state index contributed by atoms with van der Waals surface area (Å²) < 4.78 is 11.3. The molecule has 3 aromatic rings. The predicted molar refractivity (Wildman–Crippen MR) is 116 cm³/mol. The van der Waals surface area contributed by atoms with Crippen molar-refractivity contribution in [1.29, 1.82) is 0 Å². The highest BCUT2D eigenvalue weighted by Crippen LogP contribution is 2.42. The van der Waals surface area contributed by atoms with Crippen LogP contribution in [-0.4, -0.2) is 36.3 Å². The van der Waals surface area contributed by atoms with Crippen LogP contribution in [0.3, 0.4) is 0 Å². The van der Waals surface area contributed by atoms with Crippen molar-refractivity contribution in [2.24, 2.45) is 0 Å². The number of carbonyl (C=O) groups is 1. The Morgan fingerprint density at radius 1 is 0.862 bits per heavy atom. The van der Waals surface area contributed by atoms with E-state index in [4.69, 9.17) is 9.47 Å². The van der Waals surface area contributed by atoms with Crippen LogP contribution in [-0.2, 0) is 0 Å². The molecule has 29 heavy (non-hydrogen) atoms. The highest BCUT2D eigenvalue weighted by atomic mass is 32.2. The molecular formula is C24H21NO3S. The quantitative estimate of drug-likeness (QED) is 0.616. The third-order valence-electron chi connectivity index (χ3n) is 5.24. The van der Waals surface area contributed by atoms with Crippen LogP contribution in [0.2, 0.25) is 0 Å². The zero-order chi connectivity index (χ0) is 19.6. The number of thioether (sulfide) groups is 1. The first-order valence-electron chi connectivity index (χ1n) is 9.77. The molecule has 0 aromatic heterocycles. The summed E-state index contributed by atoms with van der Waals surface area (Å²) in [6, 6.07) is 24.1. The zero-order valence-corrected chi connectivity index (χ0v) is 16.7. The van der Waals surface area contributed by atoms with Gasteiger partial charge in [0, 0.05) is 17.9 Å². The lowest BCUT2D eigenvalue weighted by atomic mass is 10.0. The van der Waals surface area contributed by atoms with Gasteiger partial charge in [-0.25, -0.2) is 0 Å². The molecule has 5 rings (SSSR count). The second-order valence-electron chi connectivity index (χ2n) is 7.07. The Labute approximate surface area is 174 Å². The Balaban J connectivity index is 1.38. The lowest BCUT2D eigenvalue weighted by Gasteiger charge is -2.26. The summed E-state index contributed by atoms with van der Waals surface area (Å²) in [7, 11) is 0. The molecule has 1 fully saturated rings. The Morgan fingerprint density at radius 2 is 1.59 bits per heavy atom. The minimum Gasteiger partial charge on any atom is -0.486 e. The van der Waals surface area contributed by atoms with Gasteiger partial charge in [-0.1, -0.05) is 48.5 Å². The normalized spacial score (nSPS) is 17.9. The summed E-state index contributed by atoms with van der Waals surface area (Å²) in [5.74, 6) is 2.53. The van der Waals surface area contributed by atoms with E-state index < -0.39 is 0 Å². The van der Waals surface area contributed by atoms with Crippen molar-refractivity contribution in [2.45, 2.75) is 5.37 Å². The third kappa shape index (κ3) is 3.58. The fraction of sp³-hybridized carbons (Fsp3) is 0.208. The van der Waals surface area contributed by atoms with Crippen molar-refractivity contribution in [2.75, 3.05) is 25.5 Å². The van der Waals surface area contributed by atoms with Crippen LogP contribution in [0.25, 0.3) is 11.1 Å². The number of rotatable bonds is 3. The van der Waals surface area contributed by atoms with Gasteiger partial charge in [0.05, 0.1) is 0 Å². The van der Waals surface area contributed by atoms with Gasteiger partial charge in [0.15, 0.2) is 11.5 Å². The molecule has 0 spiro atoms. The molecule has 5 heteroatoms. The fourth-order valence-corrected chi connectivity index (χ4v) is 5.01. The second-order valence-corrected chi connectivity index (χ2v) is 8.26. The molecule has 2 aliphatic heterocycles. The number of amides is 1. The lowest BCUT2D eigenvalue weighted by Crippen LogP contribution is -2.30. The van der Waals surface area contributed by atoms with Crippen LogP contribution in [0.15, 0.2) is 72.8 Å². The van der Waals surface area contributed by atoms with Gasteiger partial charge in [-0.2, -0.15) is 0 Å². The summed E-state index contributed by atoms with van der Waals surface area (Å²) in [5, 5.41) is -0.00729. The SMILES string of the molecule is O=C(c1ccc(-c2ccccc2)cc1)N1CCSC1c1ccc2c(c1)OCCO2. The maximum atomic E-state index is 13.2. The highest BCUT2D eigenvalue weighted by Gasteiger charge is 2.32. The lowest BCUT2D eigenvalue weighted by molar-refractivity contribution is 0.0760. The van der Waals surface area contributed by atoms with Crippen LogP contribution >= 0.6 is 11.8 Å². The predicted octanol–water partition coefficient (Wildman–Crippen LogP) is 5.01. The molecule has 0 aliphatic carbocycles. The van der Waals surface area contributed by atoms with Crippen molar-refractivity contribution < 1.29 is 14.3 Å². The van der Waals surface area contributed by atoms with Crippen LogP contribution in [0, 0.1) is 0 Å². The molecule has 1 amide bonds. The number of nitrogens with zero attached hydrogens (tertiary/aromatic N) is 1. The molecule has 0 bridgehead atoms. The number of ether oxygens (including phenoxy) is 2. The van der Waals surface area contributed by atoms with Gasteiger partial charge in [0.2, 0.25) is 0 Å². The minimum atomic E-state index is -0.00729. The van der Waals surface area contributed by atoms with Crippen LogP contribution < -0.4 is 9.47 Å². The van der Waals surface area contributed by atoms with Crippen molar-refractivity contribution in [3.63, 3.8) is 0 Å². The van der Waals surface area contributed by atoms with Gasteiger partial charge < -0.3 is 14.4 Å². The molecule has 1 unspecified atom stereocenters. The van der Waals surface area contributed by atoms with E-state index in [0.29, 0.717) is 13.2 Å². The summed E-state index contributed by atoms with van der Waals surface area (Å²) in [5.41, 5.74) is 4.06. The summed E-state index contributed by atoms with van der Waals surface area (Å²) >= 11 is 1.79. The Morgan fingerprint density at radius 3 is 2.38 bits per heavy atom. The van der Waals surface area contributed by atoms with E-state index in [0.717, 1.165) is 46.1 Å². The Bertz CT molecular complexity index is 1020. The highest BCUT2D eigenvalue weighted by molar-refractivity contribution is 7.99. The monoisotopic (exact) mass is 403 g/mol. The summed E-state index contributed by atoms with van der Waals surface area (Å²) in [6.07, 6.45) is 0. The third-order valence-corrected chi connectivity index (χ3v) is 6.50. The maximum absolute atomic E-state index is 13.2. The van der Waals surface area contributed by atoms with E-state index in [-0.39, 0.29) is 11.3 Å². The van der Waals surface area contributed by atoms with Crippen molar-refractivity contribution in [1.82, 2.24) is 4.90 Å². The summed E-state index contributed by atoms with van der Waals surface area (Å²) in [4.78, 5) is 15.2. The molecule has 146 valence electrons. The molecular weight excluding hydrogens is 382 g/mol. The second kappa shape index (κ2) is 7.84. The van der Waals surface area contributed by atoms with E-state index in [1.54, 1.807) is 11.8 Å². The Kier molecular flexibility index (Phi) is 4.90. The van der Waals surface area contributed by atoms with Gasteiger partial charge in [-0.05, 0) is 41.0 Å². The van der Waals surface area contributed by atoms with E-state index in [9.17, 15) is 4.79 Å². The van der Waals surface area contributed by atoms with Gasteiger partial charge >= 0.3 is 0 Å². The van der Waals surface area contributed by atoms with Crippen molar-refractivity contribution in [3.05, 3.63) is 83.9 Å². The molecule has 0 N–H and O–H groups in total. The zero-order valence-electron chi connectivity index (χ0n) is 15.9. The average Bonchev–Trinajstić information content (AvgIpc) is 3.29. The number of hydrogen-bond acceptors (Lipinski definition) is 4. The molecule has 3 aromatic carbocycles. The largest absolute Gasteiger partial charge is 0.486 e. The smallest absolute Gasteiger partial charge is 0.255 e. The minimum absolute atomic E-state index is 0.00729. The first-order valence-corrected chi connectivity index (χ1v) is 10.8. The van der Waals surface area contributed by atoms with Gasteiger partial charge in [-0.15, -0.1) is 11.8 Å². The first-order chi connectivity index (χ1) is 14.3. The molecule has 1 saturated heterocycles. The van der Waals surface area contributed by atoms with E-state index >= 15 is 0 Å². The number of fused-ring (bicyclic) bond motifs is 1. The van der Waals surface area contributed by atoms with Gasteiger partial charge in [0.1, 0.15) is 18.6 Å². The standard InChI is InChI=1S/C24H21NO3S/c26-23(19-8-6-18(7-9-19)17-4-2-1-3-5-17)25-12-15-29-24(25)20-10-11-21-22(16-20)28-14-13-27-21/h1-11,16,24H,12-15H2. The molecule has 2 heterocycles. The van der Waals surface area contributed by atoms with E-state index in [1.165, 1.54) is 0 Å². The molecule has 4 nitrogen and oxygen atoms in total. The molecule has 1 atom stereocenters. The molecule has 0 saturated carbocycles. The average molecular weight is 404 g/mol. The van der Waals surface area contributed by atoms with Crippen LogP contribution in [0.1, 0.15) is 21.3 Å². The maximum Gasteiger partial charge on any atom is 0.255 e. The number of hydrogen-bond donors (Lipinski definition) is 0. The van der Waals surface area contributed by atoms with Gasteiger partial charge in [-0.3, -0.25) is 4.79 Å². The first kappa shape index (κ1) is 18.1. The Hall–Kier alpha value is -2.92. The number of carbonyl (C=O) groups excluding carboxylic acids is 1. The molecule has 0 radical (unpaired) electrons. The van der Waals surface area contributed by atoms with Crippen LogP contribution in [0.4, 0.5) is 0 Å². The topological polar surface area (TPSA) is 38.8 Å². The van der Waals surface area contributed by atoms with Crippen LogP contribution in [0.5, 0.6) is 11.5 Å².